The van der Waals surface area contributed by atoms with E-state index in [0.29, 0.717) is 23.0 Å². The Morgan fingerprint density at radius 1 is 0.784 bits per heavy atom. The molecular formula is C26H10F6N4O. The standard InChI is InChI=1S/C26H10F6N4O/c27-25(28,29)16-7-14(8-17(10-16)26(30,31)32)13-5-6-20-19(9-13)24(37)36-21-4-2-1-3-18(21)22(23(36)35-20)15(11-33)12-34/h1-10H. The molecule has 5 rings (SSSR count). The smallest absolute Gasteiger partial charge is 0.268 e. The van der Waals surface area contributed by atoms with Crippen LogP contribution in [0.25, 0.3) is 44.2 Å². The second-order valence-corrected chi connectivity index (χ2v) is 8.09. The van der Waals surface area contributed by atoms with E-state index in [4.69, 9.17) is 0 Å². The van der Waals surface area contributed by atoms with Crippen molar-refractivity contribution in [2.45, 2.75) is 12.4 Å². The molecule has 5 nitrogen and oxygen atoms in total. The Labute approximate surface area is 202 Å². The lowest BCUT2D eigenvalue weighted by molar-refractivity contribution is -0.143. The van der Waals surface area contributed by atoms with Crippen LogP contribution in [0.1, 0.15) is 11.1 Å². The Balaban J connectivity index is 1.87. The molecule has 0 spiro atoms. The molecule has 0 aliphatic rings. The summed E-state index contributed by atoms with van der Waals surface area (Å²) in [5.74, 6) is 0. The zero-order valence-electron chi connectivity index (χ0n) is 18.2. The van der Waals surface area contributed by atoms with E-state index in [1.807, 2.05) is 0 Å². The van der Waals surface area contributed by atoms with Crippen molar-refractivity contribution in [2.75, 3.05) is 0 Å². The highest BCUT2D eigenvalue weighted by molar-refractivity contribution is 5.96. The van der Waals surface area contributed by atoms with Gasteiger partial charge in [-0.15, -0.1) is 0 Å². The highest BCUT2D eigenvalue weighted by Gasteiger charge is 2.37. The molecule has 0 fully saturated rings. The molecule has 0 saturated carbocycles. The van der Waals surface area contributed by atoms with E-state index >= 15 is 0 Å². The van der Waals surface area contributed by atoms with E-state index < -0.39 is 29.0 Å². The summed E-state index contributed by atoms with van der Waals surface area (Å²) in [6, 6.07) is 14.9. The van der Waals surface area contributed by atoms with Gasteiger partial charge in [0.2, 0.25) is 0 Å². The minimum Gasteiger partial charge on any atom is -0.268 e. The van der Waals surface area contributed by atoms with Crippen molar-refractivity contribution < 1.29 is 26.3 Å². The molecule has 0 atom stereocenters. The van der Waals surface area contributed by atoms with Gasteiger partial charge in [0.05, 0.1) is 32.8 Å². The van der Waals surface area contributed by atoms with Gasteiger partial charge in [-0.1, -0.05) is 24.3 Å². The topological polar surface area (TPSA) is 82.0 Å². The third kappa shape index (κ3) is 3.81. The number of fused-ring (bicyclic) bond motifs is 4. The maximum Gasteiger partial charge on any atom is 0.416 e. The highest BCUT2D eigenvalue weighted by atomic mass is 19.4. The average Bonchev–Trinajstić information content (AvgIpc) is 3.18. The fourth-order valence-corrected chi connectivity index (χ4v) is 4.26. The van der Waals surface area contributed by atoms with E-state index in [9.17, 15) is 41.7 Å². The number of para-hydroxylation sites is 1. The Morgan fingerprint density at radius 2 is 1.41 bits per heavy atom. The fourth-order valence-electron chi connectivity index (χ4n) is 4.26. The number of hydrogen-bond acceptors (Lipinski definition) is 4. The lowest BCUT2D eigenvalue weighted by Crippen LogP contribution is -2.17. The van der Waals surface area contributed by atoms with Crippen LogP contribution in [-0.4, -0.2) is 9.38 Å². The van der Waals surface area contributed by atoms with Gasteiger partial charge < -0.3 is 0 Å². The largest absolute Gasteiger partial charge is 0.416 e. The first-order valence-corrected chi connectivity index (χ1v) is 10.5. The Kier molecular flexibility index (Phi) is 5.19. The predicted octanol–water partition coefficient (Wildman–Crippen LogP) is 5.62. The van der Waals surface area contributed by atoms with E-state index in [1.54, 1.807) is 36.4 Å². The van der Waals surface area contributed by atoms with Crippen LogP contribution in [0.15, 0.2) is 65.5 Å². The first-order valence-electron chi connectivity index (χ1n) is 10.5. The van der Waals surface area contributed by atoms with Gasteiger partial charge in [0.15, 0.2) is 5.65 Å². The average molecular weight is 508 g/mol. The molecule has 2 aromatic heterocycles. The van der Waals surface area contributed by atoms with Gasteiger partial charge in [0.25, 0.3) is 5.56 Å². The summed E-state index contributed by atoms with van der Waals surface area (Å²) in [6.07, 6.45) is -10.1. The van der Waals surface area contributed by atoms with Crippen molar-refractivity contribution in [3.8, 4) is 23.3 Å². The molecule has 37 heavy (non-hydrogen) atoms. The van der Waals surface area contributed by atoms with Crippen LogP contribution < -0.4 is 10.8 Å². The number of alkyl halides is 6. The van der Waals surface area contributed by atoms with Crippen molar-refractivity contribution in [3.05, 3.63) is 87.4 Å². The van der Waals surface area contributed by atoms with E-state index in [2.05, 4.69) is 4.98 Å². The normalized spacial score (nSPS) is 12.1. The Bertz CT molecular complexity index is 1910. The molecule has 5 aromatic rings. The number of aromatic nitrogens is 2. The van der Waals surface area contributed by atoms with Gasteiger partial charge in [0.1, 0.15) is 17.7 Å². The summed E-state index contributed by atoms with van der Waals surface area (Å²) in [4.78, 5) is 18.0. The first-order chi connectivity index (χ1) is 17.4. The lowest BCUT2D eigenvalue weighted by Gasteiger charge is -2.14. The van der Waals surface area contributed by atoms with Gasteiger partial charge in [-0.3, -0.25) is 9.20 Å². The molecule has 0 amide bonds. The Morgan fingerprint density at radius 3 is 2.00 bits per heavy atom. The van der Waals surface area contributed by atoms with Crippen molar-refractivity contribution in [2.24, 2.45) is 0 Å². The van der Waals surface area contributed by atoms with Crippen LogP contribution in [0.4, 0.5) is 26.3 Å². The minimum absolute atomic E-state index is 0.0284. The molecule has 0 radical (unpaired) electrons. The number of benzene rings is 3. The van der Waals surface area contributed by atoms with Crippen LogP contribution in [0.5, 0.6) is 0 Å². The second kappa shape index (κ2) is 8.07. The predicted molar refractivity (Wildman–Crippen MR) is 122 cm³/mol. The van der Waals surface area contributed by atoms with Crippen LogP contribution >= 0.6 is 0 Å². The summed E-state index contributed by atoms with van der Waals surface area (Å²) < 4.78 is 81.2. The maximum absolute atomic E-state index is 13.5. The zero-order chi connectivity index (χ0) is 26.7. The number of halogens is 6. The first kappa shape index (κ1) is 23.8. The summed E-state index contributed by atoms with van der Waals surface area (Å²) in [6.45, 7) is 0. The fraction of sp³-hybridized carbons (Fsp3) is 0.0769. The number of nitrogens with zero attached hydrogens (tertiary/aromatic N) is 4. The van der Waals surface area contributed by atoms with Crippen molar-refractivity contribution in [1.29, 1.82) is 10.5 Å². The molecule has 0 unspecified atom stereocenters. The Hall–Kier alpha value is -4.90. The number of nitriles is 2. The SMILES string of the molecule is N#CC(C#N)=c1c2ccccc2n2c(=O)c3cc(-c4cc(C(F)(F)F)cc(C(F)(F)F)c4)ccc3nc12. The number of rotatable bonds is 1. The highest BCUT2D eigenvalue weighted by Crippen LogP contribution is 2.39. The minimum atomic E-state index is -5.03. The molecule has 0 saturated heterocycles. The summed E-state index contributed by atoms with van der Waals surface area (Å²) in [7, 11) is 0. The monoisotopic (exact) mass is 508 g/mol. The molecule has 0 bridgehead atoms. The van der Waals surface area contributed by atoms with E-state index in [1.165, 1.54) is 22.6 Å². The third-order valence-electron chi connectivity index (χ3n) is 5.90. The quantitative estimate of drug-likeness (QED) is 0.275. The molecule has 11 heteroatoms. The van der Waals surface area contributed by atoms with Gasteiger partial charge in [-0.2, -0.15) is 36.9 Å². The molecule has 0 N–H and O–H groups in total. The third-order valence-corrected chi connectivity index (χ3v) is 5.90. The van der Waals surface area contributed by atoms with E-state index in [0.717, 1.165) is 0 Å². The summed E-state index contributed by atoms with van der Waals surface area (Å²) in [5.41, 5.74) is -3.89. The van der Waals surface area contributed by atoms with Crippen LogP contribution in [-0.2, 0) is 12.4 Å². The van der Waals surface area contributed by atoms with Crippen molar-refractivity contribution in [3.63, 3.8) is 0 Å². The molecular weight excluding hydrogens is 498 g/mol. The van der Waals surface area contributed by atoms with Crippen LogP contribution in [0.2, 0.25) is 0 Å². The molecule has 0 aliphatic carbocycles. The van der Waals surface area contributed by atoms with Gasteiger partial charge in [-0.05, 0) is 47.5 Å². The lowest BCUT2D eigenvalue weighted by atomic mass is 9.98. The molecule has 2 heterocycles. The van der Waals surface area contributed by atoms with Gasteiger partial charge in [0, 0.05) is 5.39 Å². The second-order valence-electron chi connectivity index (χ2n) is 8.09. The summed E-state index contributed by atoms with van der Waals surface area (Å²) in [5, 5.41) is 19.4. The molecule has 3 aromatic carbocycles. The maximum atomic E-state index is 13.5. The van der Waals surface area contributed by atoms with Crippen LogP contribution in [0, 0.1) is 22.7 Å². The molecule has 0 aliphatic heterocycles. The van der Waals surface area contributed by atoms with Gasteiger partial charge in [-0.25, -0.2) is 4.98 Å². The van der Waals surface area contributed by atoms with E-state index in [-0.39, 0.29) is 44.5 Å². The van der Waals surface area contributed by atoms with Crippen molar-refractivity contribution in [1.82, 2.24) is 9.38 Å². The van der Waals surface area contributed by atoms with Crippen LogP contribution in [0.3, 0.4) is 0 Å². The zero-order valence-corrected chi connectivity index (χ0v) is 18.2. The van der Waals surface area contributed by atoms with Crippen molar-refractivity contribution >= 4 is 33.0 Å². The van der Waals surface area contributed by atoms with Gasteiger partial charge >= 0.3 is 12.4 Å². The number of hydrogen-bond donors (Lipinski definition) is 0. The molecule has 182 valence electrons. The summed E-state index contributed by atoms with van der Waals surface area (Å²) >= 11 is 0.